The Morgan fingerprint density at radius 1 is 1.12 bits per heavy atom. The number of aliphatic imine (C=N–C) groups is 1. The summed E-state index contributed by atoms with van der Waals surface area (Å²) in [5.41, 5.74) is 3.08. The molecule has 1 unspecified atom stereocenters. The number of fused-ring (bicyclic) bond motifs is 5. The van der Waals surface area contributed by atoms with E-state index >= 15 is 0 Å². The molecular weight excluding hydrogens is 210 g/mol. The van der Waals surface area contributed by atoms with Crippen molar-refractivity contribution in [3.63, 3.8) is 0 Å². The fourth-order valence-corrected chi connectivity index (χ4v) is 3.44. The molecule has 0 bridgehead atoms. The molecule has 4 rings (SSSR count). The van der Waals surface area contributed by atoms with E-state index in [-0.39, 0.29) is 0 Å². The molecule has 0 aromatic heterocycles. The van der Waals surface area contributed by atoms with E-state index in [1.807, 2.05) is 0 Å². The Morgan fingerprint density at radius 2 is 2.06 bits per heavy atom. The van der Waals surface area contributed by atoms with Crippen LogP contribution in [0.1, 0.15) is 23.6 Å². The van der Waals surface area contributed by atoms with E-state index in [4.69, 9.17) is 0 Å². The molecule has 1 aromatic rings. The predicted octanol–water partition coefficient (Wildman–Crippen LogP) is 1.66. The number of nitrogens with zero attached hydrogens (tertiary/aromatic N) is 3. The standard InChI is InChI=1S/C14H17N3/c1-2-4-12-11(3-1)5-9-17-13(12)6-8-16-10-7-15-14(16)17/h1-4,13H,5-10H2. The molecule has 0 N–H and O–H groups in total. The lowest BCUT2D eigenvalue weighted by atomic mass is 9.89. The first-order valence-electron chi connectivity index (χ1n) is 6.57. The summed E-state index contributed by atoms with van der Waals surface area (Å²) >= 11 is 0. The zero-order chi connectivity index (χ0) is 11.2. The van der Waals surface area contributed by atoms with Gasteiger partial charge >= 0.3 is 0 Å². The fourth-order valence-electron chi connectivity index (χ4n) is 3.44. The van der Waals surface area contributed by atoms with Gasteiger partial charge in [0.05, 0.1) is 12.6 Å². The van der Waals surface area contributed by atoms with Crippen molar-refractivity contribution in [2.75, 3.05) is 26.2 Å². The molecule has 1 atom stereocenters. The Bertz CT molecular complexity index is 480. The Kier molecular flexibility index (Phi) is 1.95. The summed E-state index contributed by atoms with van der Waals surface area (Å²) in [6.45, 7) is 4.42. The van der Waals surface area contributed by atoms with Gasteiger partial charge < -0.3 is 9.80 Å². The van der Waals surface area contributed by atoms with Crippen LogP contribution in [0.2, 0.25) is 0 Å². The average Bonchev–Trinajstić information content (AvgIpc) is 2.86. The zero-order valence-electron chi connectivity index (χ0n) is 9.97. The highest BCUT2D eigenvalue weighted by Crippen LogP contribution is 2.36. The van der Waals surface area contributed by atoms with Crippen LogP contribution in [0.5, 0.6) is 0 Å². The van der Waals surface area contributed by atoms with Crippen molar-refractivity contribution >= 4 is 5.96 Å². The zero-order valence-corrected chi connectivity index (χ0v) is 9.97. The van der Waals surface area contributed by atoms with Crippen molar-refractivity contribution in [2.45, 2.75) is 18.9 Å². The Hall–Kier alpha value is -1.51. The van der Waals surface area contributed by atoms with E-state index in [1.165, 1.54) is 30.9 Å². The molecule has 1 fully saturated rings. The summed E-state index contributed by atoms with van der Waals surface area (Å²) in [7, 11) is 0. The van der Waals surface area contributed by atoms with Gasteiger partial charge in [0.25, 0.3) is 0 Å². The summed E-state index contributed by atoms with van der Waals surface area (Å²) in [4.78, 5) is 9.66. The van der Waals surface area contributed by atoms with Crippen LogP contribution in [0.15, 0.2) is 29.3 Å². The molecule has 3 aliphatic heterocycles. The van der Waals surface area contributed by atoms with Gasteiger partial charge in [0, 0.05) is 19.6 Å². The Balaban J connectivity index is 1.76. The first-order valence-corrected chi connectivity index (χ1v) is 6.57. The second kappa shape index (κ2) is 3.49. The molecule has 1 aromatic carbocycles. The molecule has 3 nitrogen and oxygen atoms in total. The van der Waals surface area contributed by atoms with E-state index in [2.05, 4.69) is 39.1 Å². The third kappa shape index (κ3) is 1.31. The number of benzene rings is 1. The van der Waals surface area contributed by atoms with E-state index in [0.717, 1.165) is 19.6 Å². The lowest BCUT2D eigenvalue weighted by molar-refractivity contribution is 0.194. The Morgan fingerprint density at radius 3 is 3.06 bits per heavy atom. The molecular formula is C14H17N3. The molecule has 0 radical (unpaired) electrons. The Labute approximate surface area is 102 Å². The van der Waals surface area contributed by atoms with Crippen LogP contribution in [0.3, 0.4) is 0 Å². The number of guanidine groups is 1. The topological polar surface area (TPSA) is 18.8 Å². The SMILES string of the molecule is c1ccc2c(c1)CCN1C3=NCCN3CCC21. The smallest absolute Gasteiger partial charge is 0.197 e. The van der Waals surface area contributed by atoms with Gasteiger partial charge in [-0.05, 0) is 24.0 Å². The van der Waals surface area contributed by atoms with E-state index < -0.39 is 0 Å². The summed E-state index contributed by atoms with van der Waals surface area (Å²) < 4.78 is 0. The first-order chi connectivity index (χ1) is 8.43. The van der Waals surface area contributed by atoms with Gasteiger partial charge in [-0.1, -0.05) is 24.3 Å². The second-order valence-electron chi connectivity index (χ2n) is 5.12. The van der Waals surface area contributed by atoms with Crippen LogP contribution >= 0.6 is 0 Å². The van der Waals surface area contributed by atoms with Gasteiger partial charge in [-0.15, -0.1) is 0 Å². The first kappa shape index (κ1) is 9.51. The molecule has 0 amide bonds. The molecule has 3 heteroatoms. The van der Waals surface area contributed by atoms with E-state index in [1.54, 1.807) is 5.56 Å². The van der Waals surface area contributed by atoms with Crippen LogP contribution in [-0.4, -0.2) is 41.9 Å². The van der Waals surface area contributed by atoms with Gasteiger partial charge in [-0.2, -0.15) is 0 Å². The second-order valence-corrected chi connectivity index (χ2v) is 5.12. The number of hydrogen-bond donors (Lipinski definition) is 0. The normalized spacial score (nSPS) is 26.1. The van der Waals surface area contributed by atoms with Crippen molar-refractivity contribution in [2.24, 2.45) is 4.99 Å². The molecule has 17 heavy (non-hydrogen) atoms. The van der Waals surface area contributed by atoms with Crippen LogP contribution in [0.4, 0.5) is 0 Å². The molecule has 1 saturated heterocycles. The van der Waals surface area contributed by atoms with Crippen LogP contribution < -0.4 is 0 Å². The molecule has 88 valence electrons. The summed E-state index contributed by atoms with van der Waals surface area (Å²) in [6, 6.07) is 9.50. The maximum atomic E-state index is 4.68. The molecule has 3 aliphatic rings. The van der Waals surface area contributed by atoms with Gasteiger partial charge in [0.2, 0.25) is 0 Å². The van der Waals surface area contributed by atoms with Crippen molar-refractivity contribution in [3.05, 3.63) is 35.4 Å². The minimum Gasteiger partial charge on any atom is -0.341 e. The van der Waals surface area contributed by atoms with Crippen LogP contribution in [0.25, 0.3) is 0 Å². The fraction of sp³-hybridized carbons (Fsp3) is 0.500. The molecule has 0 saturated carbocycles. The van der Waals surface area contributed by atoms with Crippen LogP contribution in [0, 0.1) is 0 Å². The third-order valence-corrected chi connectivity index (χ3v) is 4.25. The lowest BCUT2D eigenvalue weighted by Crippen LogP contribution is -2.51. The molecule has 3 heterocycles. The number of rotatable bonds is 0. The van der Waals surface area contributed by atoms with Gasteiger partial charge in [0.15, 0.2) is 5.96 Å². The quantitative estimate of drug-likeness (QED) is 0.671. The van der Waals surface area contributed by atoms with Crippen molar-refractivity contribution in [1.29, 1.82) is 0 Å². The maximum Gasteiger partial charge on any atom is 0.197 e. The lowest BCUT2D eigenvalue weighted by Gasteiger charge is -2.45. The van der Waals surface area contributed by atoms with E-state index in [0.29, 0.717) is 6.04 Å². The average molecular weight is 227 g/mol. The summed E-state index contributed by atoms with van der Waals surface area (Å²) in [5.74, 6) is 1.26. The van der Waals surface area contributed by atoms with Gasteiger partial charge in [0.1, 0.15) is 0 Å². The van der Waals surface area contributed by atoms with Crippen molar-refractivity contribution in [1.82, 2.24) is 9.80 Å². The largest absolute Gasteiger partial charge is 0.341 e. The molecule has 0 aliphatic carbocycles. The van der Waals surface area contributed by atoms with Crippen LogP contribution in [-0.2, 0) is 6.42 Å². The highest BCUT2D eigenvalue weighted by Gasteiger charge is 2.37. The minimum atomic E-state index is 0.577. The monoisotopic (exact) mass is 227 g/mol. The van der Waals surface area contributed by atoms with Crippen molar-refractivity contribution < 1.29 is 0 Å². The van der Waals surface area contributed by atoms with Crippen molar-refractivity contribution in [3.8, 4) is 0 Å². The minimum absolute atomic E-state index is 0.577. The number of hydrogen-bond acceptors (Lipinski definition) is 3. The van der Waals surface area contributed by atoms with Gasteiger partial charge in [-0.3, -0.25) is 4.99 Å². The van der Waals surface area contributed by atoms with E-state index in [9.17, 15) is 0 Å². The third-order valence-electron chi connectivity index (χ3n) is 4.25. The maximum absolute atomic E-state index is 4.68. The highest BCUT2D eigenvalue weighted by atomic mass is 15.4. The van der Waals surface area contributed by atoms with Gasteiger partial charge in [-0.25, -0.2) is 0 Å². The predicted molar refractivity (Wildman–Crippen MR) is 68.1 cm³/mol. The highest BCUT2D eigenvalue weighted by molar-refractivity contribution is 5.83. The summed E-state index contributed by atoms with van der Waals surface area (Å²) in [6.07, 6.45) is 2.41. The molecule has 0 spiro atoms. The summed E-state index contributed by atoms with van der Waals surface area (Å²) in [5, 5.41) is 0.